The van der Waals surface area contributed by atoms with Crippen LogP contribution in [0.5, 0.6) is 0 Å². The summed E-state index contributed by atoms with van der Waals surface area (Å²) in [4.78, 5) is 0. The van der Waals surface area contributed by atoms with Crippen molar-refractivity contribution in [2.24, 2.45) is 0 Å². The van der Waals surface area contributed by atoms with Crippen molar-refractivity contribution in [3.8, 4) is 0 Å². The third-order valence-corrected chi connectivity index (χ3v) is 2.12. The van der Waals surface area contributed by atoms with Crippen LogP contribution in [0.25, 0.3) is 0 Å². The van der Waals surface area contributed by atoms with E-state index in [1.165, 1.54) is 0 Å². The number of rotatable bonds is 4. The highest BCUT2D eigenvalue weighted by molar-refractivity contribution is 5.10. The first kappa shape index (κ1) is 9.02. The molecule has 0 spiro atoms. The van der Waals surface area contributed by atoms with Gasteiger partial charge >= 0.3 is 0 Å². The van der Waals surface area contributed by atoms with Crippen LogP contribution in [0.1, 0.15) is 24.2 Å². The predicted octanol–water partition coefficient (Wildman–Crippen LogP) is 2.12. The van der Waals surface area contributed by atoms with E-state index in [2.05, 4.69) is 17.4 Å². The van der Waals surface area contributed by atoms with Crippen molar-refractivity contribution in [2.75, 3.05) is 0 Å². The number of hydrogen-bond acceptors (Lipinski definition) is 4. The molecule has 14 heavy (non-hydrogen) atoms. The topological polar surface area (TPSA) is 51.2 Å². The third kappa shape index (κ3) is 2.03. The molecule has 2 aromatic heterocycles. The fourth-order valence-electron chi connectivity index (χ4n) is 1.23. The normalized spacial score (nSPS) is 12.9. The lowest BCUT2D eigenvalue weighted by molar-refractivity contribution is 0.406. The summed E-state index contributed by atoms with van der Waals surface area (Å²) in [6, 6.07) is 4.04. The largest absolute Gasteiger partial charge is 0.472 e. The molecule has 0 aromatic carbocycles. The number of nitrogens with one attached hydrogen (secondary N) is 1. The molecule has 2 heterocycles. The van der Waals surface area contributed by atoms with Gasteiger partial charge in [-0.3, -0.25) is 0 Å². The van der Waals surface area contributed by atoms with Gasteiger partial charge in [-0.25, -0.2) is 0 Å². The van der Waals surface area contributed by atoms with Gasteiger partial charge in [0.1, 0.15) is 6.26 Å². The van der Waals surface area contributed by atoms with Crippen molar-refractivity contribution in [3.05, 3.63) is 42.2 Å². The molecule has 2 aromatic rings. The Balaban J connectivity index is 1.87. The van der Waals surface area contributed by atoms with Crippen LogP contribution >= 0.6 is 0 Å². The minimum atomic E-state index is 0.255. The summed E-state index contributed by atoms with van der Waals surface area (Å²) in [6.07, 6.45) is 4.98. The second-order valence-corrected chi connectivity index (χ2v) is 3.15. The molecule has 0 aliphatic heterocycles. The molecule has 0 aliphatic rings. The van der Waals surface area contributed by atoms with Gasteiger partial charge in [0.2, 0.25) is 0 Å². The van der Waals surface area contributed by atoms with Gasteiger partial charge in [-0.1, -0.05) is 5.16 Å². The highest BCUT2D eigenvalue weighted by Gasteiger charge is 2.06. The SMILES string of the molecule is CC(NCc1ccon1)c1ccoc1. The molecule has 0 aliphatic carbocycles. The molecular formula is C10H12N2O2. The van der Waals surface area contributed by atoms with Crippen LogP contribution in [0.3, 0.4) is 0 Å². The molecule has 0 radical (unpaired) electrons. The van der Waals surface area contributed by atoms with E-state index in [1.54, 1.807) is 18.8 Å². The van der Waals surface area contributed by atoms with Gasteiger partial charge in [-0.2, -0.15) is 0 Å². The van der Waals surface area contributed by atoms with Crippen molar-refractivity contribution >= 4 is 0 Å². The Kier molecular flexibility index (Phi) is 2.65. The van der Waals surface area contributed by atoms with Gasteiger partial charge in [-0.15, -0.1) is 0 Å². The molecule has 0 fully saturated rings. The minimum Gasteiger partial charge on any atom is -0.472 e. The Hall–Kier alpha value is -1.55. The van der Waals surface area contributed by atoms with E-state index in [1.807, 2.05) is 12.1 Å². The van der Waals surface area contributed by atoms with E-state index in [-0.39, 0.29) is 6.04 Å². The number of nitrogens with zero attached hydrogens (tertiary/aromatic N) is 1. The lowest BCUT2D eigenvalue weighted by atomic mass is 10.2. The molecule has 4 heteroatoms. The average Bonchev–Trinajstić information content (AvgIpc) is 2.87. The standard InChI is InChI=1S/C10H12N2O2/c1-8(9-2-4-13-7-9)11-6-10-3-5-14-12-10/h2-5,7-8,11H,6H2,1H3. The number of furan rings is 1. The summed E-state index contributed by atoms with van der Waals surface area (Å²) >= 11 is 0. The quantitative estimate of drug-likeness (QED) is 0.806. The zero-order chi connectivity index (χ0) is 9.80. The Morgan fingerprint density at radius 1 is 1.43 bits per heavy atom. The molecule has 1 atom stereocenters. The molecule has 0 saturated carbocycles. The first-order valence-electron chi connectivity index (χ1n) is 4.51. The molecule has 1 unspecified atom stereocenters. The maximum absolute atomic E-state index is 5.00. The van der Waals surface area contributed by atoms with E-state index >= 15 is 0 Å². The molecule has 0 amide bonds. The van der Waals surface area contributed by atoms with Crippen LogP contribution in [-0.4, -0.2) is 5.16 Å². The minimum absolute atomic E-state index is 0.255. The van der Waals surface area contributed by atoms with Gasteiger partial charge < -0.3 is 14.3 Å². The summed E-state index contributed by atoms with van der Waals surface area (Å²) in [5.74, 6) is 0. The average molecular weight is 192 g/mol. The van der Waals surface area contributed by atoms with Gasteiger partial charge in [0.25, 0.3) is 0 Å². The van der Waals surface area contributed by atoms with Gasteiger partial charge in [0.05, 0.1) is 18.2 Å². The molecular weight excluding hydrogens is 180 g/mol. The first-order chi connectivity index (χ1) is 6.86. The van der Waals surface area contributed by atoms with Gasteiger partial charge in [-0.05, 0) is 13.0 Å². The van der Waals surface area contributed by atoms with Gasteiger partial charge in [0, 0.05) is 24.2 Å². The van der Waals surface area contributed by atoms with E-state index in [9.17, 15) is 0 Å². The van der Waals surface area contributed by atoms with Crippen LogP contribution < -0.4 is 5.32 Å². The molecule has 74 valence electrons. The van der Waals surface area contributed by atoms with Crippen molar-refractivity contribution in [1.29, 1.82) is 0 Å². The Morgan fingerprint density at radius 3 is 3.00 bits per heavy atom. The maximum atomic E-state index is 5.00. The van der Waals surface area contributed by atoms with Crippen LogP contribution in [0.2, 0.25) is 0 Å². The summed E-state index contributed by atoms with van der Waals surface area (Å²) in [7, 11) is 0. The molecule has 0 saturated heterocycles. The number of hydrogen-bond donors (Lipinski definition) is 1. The summed E-state index contributed by atoms with van der Waals surface area (Å²) < 4.78 is 9.73. The summed E-state index contributed by atoms with van der Waals surface area (Å²) in [5.41, 5.74) is 2.04. The molecule has 1 N–H and O–H groups in total. The second-order valence-electron chi connectivity index (χ2n) is 3.15. The van der Waals surface area contributed by atoms with Crippen molar-refractivity contribution in [2.45, 2.75) is 19.5 Å². The second kappa shape index (κ2) is 4.11. The molecule has 2 rings (SSSR count). The lowest BCUT2D eigenvalue weighted by Crippen LogP contribution is -2.17. The highest BCUT2D eigenvalue weighted by Crippen LogP contribution is 2.12. The summed E-state index contributed by atoms with van der Waals surface area (Å²) in [6.45, 7) is 2.77. The van der Waals surface area contributed by atoms with Gasteiger partial charge in [0.15, 0.2) is 0 Å². The molecule has 4 nitrogen and oxygen atoms in total. The zero-order valence-electron chi connectivity index (χ0n) is 7.93. The fourth-order valence-corrected chi connectivity index (χ4v) is 1.23. The molecule has 0 bridgehead atoms. The summed E-state index contributed by atoms with van der Waals surface area (Å²) in [5, 5.41) is 7.11. The smallest absolute Gasteiger partial charge is 0.124 e. The zero-order valence-corrected chi connectivity index (χ0v) is 7.93. The monoisotopic (exact) mass is 192 g/mol. The maximum Gasteiger partial charge on any atom is 0.124 e. The highest BCUT2D eigenvalue weighted by atomic mass is 16.5. The predicted molar refractivity (Wildman–Crippen MR) is 50.5 cm³/mol. The lowest BCUT2D eigenvalue weighted by Gasteiger charge is -2.09. The van der Waals surface area contributed by atoms with E-state index in [0.717, 1.165) is 11.3 Å². The van der Waals surface area contributed by atoms with E-state index in [4.69, 9.17) is 8.94 Å². The number of aromatic nitrogens is 1. The van der Waals surface area contributed by atoms with Crippen LogP contribution in [-0.2, 0) is 6.54 Å². The van der Waals surface area contributed by atoms with E-state index in [0.29, 0.717) is 6.54 Å². The van der Waals surface area contributed by atoms with Crippen molar-refractivity contribution in [3.63, 3.8) is 0 Å². The Bertz CT molecular complexity index is 353. The third-order valence-electron chi connectivity index (χ3n) is 2.12. The van der Waals surface area contributed by atoms with Crippen LogP contribution in [0.15, 0.2) is 39.9 Å². The van der Waals surface area contributed by atoms with E-state index < -0.39 is 0 Å². The Labute approximate surface area is 81.9 Å². The first-order valence-corrected chi connectivity index (χ1v) is 4.51. The fraction of sp³-hybridized carbons (Fsp3) is 0.300. The van der Waals surface area contributed by atoms with Crippen LogP contribution in [0.4, 0.5) is 0 Å². The van der Waals surface area contributed by atoms with Crippen LogP contribution in [0, 0.1) is 0 Å². The van der Waals surface area contributed by atoms with Crippen molar-refractivity contribution < 1.29 is 8.94 Å². The van der Waals surface area contributed by atoms with Crippen molar-refractivity contribution in [1.82, 2.24) is 10.5 Å². The Morgan fingerprint density at radius 2 is 2.36 bits per heavy atom.